The quantitative estimate of drug-likeness (QED) is 0.509. The monoisotopic (exact) mass is 501 g/mol. The van der Waals surface area contributed by atoms with Crippen molar-refractivity contribution >= 4 is 28.7 Å². The SMILES string of the molecule is O=C(c1csc(C2CCN(c3ccccn3)CC2)n1)N1CCN(c2cccc(C(F)(F)F)c2)CC1. The summed E-state index contributed by atoms with van der Waals surface area (Å²) in [4.78, 5) is 28.1. The summed E-state index contributed by atoms with van der Waals surface area (Å²) in [6.45, 7) is 3.67. The van der Waals surface area contributed by atoms with Crippen LogP contribution in [0.5, 0.6) is 0 Å². The Balaban J connectivity index is 1.16. The number of amides is 1. The van der Waals surface area contributed by atoms with E-state index < -0.39 is 11.7 Å². The molecule has 0 spiro atoms. The molecule has 0 atom stereocenters. The average molecular weight is 502 g/mol. The van der Waals surface area contributed by atoms with E-state index in [1.807, 2.05) is 28.5 Å². The Labute approximate surface area is 206 Å². The summed E-state index contributed by atoms with van der Waals surface area (Å²) < 4.78 is 39.1. The van der Waals surface area contributed by atoms with Gasteiger partial charge in [-0.2, -0.15) is 13.2 Å². The number of anilines is 2. The summed E-state index contributed by atoms with van der Waals surface area (Å²) >= 11 is 1.54. The van der Waals surface area contributed by atoms with Crippen LogP contribution < -0.4 is 9.80 Å². The third-order valence-electron chi connectivity index (χ3n) is 6.66. The van der Waals surface area contributed by atoms with Gasteiger partial charge in [-0.25, -0.2) is 9.97 Å². The number of alkyl halides is 3. The van der Waals surface area contributed by atoms with Gasteiger partial charge in [-0.15, -0.1) is 11.3 Å². The van der Waals surface area contributed by atoms with E-state index in [-0.39, 0.29) is 5.91 Å². The second-order valence-corrected chi connectivity index (χ2v) is 9.74. The van der Waals surface area contributed by atoms with Gasteiger partial charge in [0.25, 0.3) is 5.91 Å². The van der Waals surface area contributed by atoms with Crippen molar-refractivity contribution in [3.05, 3.63) is 70.3 Å². The number of thiazole rings is 1. The highest BCUT2D eigenvalue weighted by atomic mass is 32.1. The number of nitrogens with zero attached hydrogens (tertiary/aromatic N) is 5. The van der Waals surface area contributed by atoms with Gasteiger partial charge in [-0.1, -0.05) is 12.1 Å². The van der Waals surface area contributed by atoms with E-state index in [0.29, 0.717) is 43.5 Å². The number of piperazine rings is 1. The Hall–Kier alpha value is -3.14. The standard InChI is InChI=1S/C25H26F3N5OS/c26-25(27,28)19-4-3-5-20(16-19)31-12-14-33(15-13-31)24(34)21-17-35-23(30-21)18-7-10-32(11-8-18)22-6-1-2-9-29-22/h1-6,9,16-18H,7-8,10-15H2. The van der Waals surface area contributed by atoms with Crippen LogP contribution in [0.4, 0.5) is 24.7 Å². The molecular formula is C25H26F3N5OS. The first kappa shape index (κ1) is 23.6. The number of hydrogen-bond acceptors (Lipinski definition) is 6. The molecule has 2 aliphatic rings. The maximum atomic E-state index is 13.0. The molecule has 10 heteroatoms. The van der Waals surface area contributed by atoms with Crippen molar-refractivity contribution in [2.75, 3.05) is 49.1 Å². The van der Waals surface area contributed by atoms with Gasteiger partial charge in [0.15, 0.2) is 0 Å². The number of carbonyl (C=O) groups excluding carboxylic acids is 1. The summed E-state index contributed by atoms with van der Waals surface area (Å²) in [7, 11) is 0. The molecule has 0 unspecified atom stereocenters. The number of halogens is 3. The van der Waals surface area contributed by atoms with Gasteiger partial charge in [0.2, 0.25) is 0 Å². The molecule has 2 fully saturated rings. The molecule has 1 amide bonds. The third-order valence-corrected chi connectivity index (χ3v) is 7.67. The van der Waals surface area contributed by atoms with Crippen LogP contribution in [0.1, 0.15) is 39.8 Å². The van der Waals surface area contributed by atoms with Crippen molar-refractivity contribution in [3.8, 4) is 0 Å². The fraction of sp³-hybridized carbons (Fsp3) is 0.400. The lowest BCUT2D eigenvalue weighted by atomic mass is 9.97. The van der Waals surface area contributed by atoms with E-state index in [1.54, 1.807) is 17.2 Å². The molecule has 3 aromatic rings. The van der Waals surface area contributed by atoms with Crippen molar-refractivity contribution in [1.29, 1.82) is 0 Å². The fourth-order valence-corrected chi connectivity index (χ4v) is 5.64. The first-order valence-corrected chi connectivity index (χ1v) is 12.6. The summed E-state index contributed by atoms with van der Waals surface area (Å²) in [5, 5.41) is 2.83. The van der Waals surface area contributed by atoms with Gasteiger partial charge in [-0.05, 0) is 43.2 Å². The molecule has 0 N–H and O–H groups in total. The third kappa shape index (κ3) is 5.27. The molecule has 2 aromatic heterocycles. The lowest BCUT2D eigenvalue weighted by molar-refractivity contribution is -0.137. The van der Waals surface area contributed by atoms with Crippen molar-refractivity contribution < 1.29 is 18.0 Å². The topological polar surface area (TPSA) is 52.6 Å². The molecule has 35 heavy (non-hydrogen) atoms. The predicted molar refractivity (Wildman–Crippen MR) is 130 cm³/mol. The highest BCUT2D eigenvalue weighted by Crippen LogP contribution is 2.33. The molecule has 184 valence electrons. The Morgan fingerprint density at radius 2 is 1.71 bits per heavy atom. The summed E-state index contributed by atoms with van der Waals surface area (Å²) in [6.07, 6.45) is -0.633. The highest BCUT2D eigenvalue weighted by Gasteiger charge is 2.32. The minimum atomic E-state index is -4.37. The van der Waals surface area contributed by atoms with Gasteiger partial charge in [0.1, 0.15) is 11.5 Å². The van der Waals surface area contributed by atoms with Gasteiger partial charge in [0.05, 0.1) is 10.6 Å². The highest BCUT2D eigenvalue weighted by molar-refractivity contribution is 7.09. The Morgan fingerprint density at radius 1 is 0.943 bits per heavy atom. The van der Waals surface area contributed by atoms with Crippen LogP contribution in [-0.2, 0) is 6.18 Å². The number of rotatable bonds is 4. The second kappa shape index (κ2) is 9.85. The Morgan fingerprint density at radius 3 is 2.40 bits per heavy atom. The van der Waals surface area contributed by atoms with Gasteiger partial charge >= 0.3 is 6.18 Å². The van der Waals surface area contributed by atoms with E-state index in [2.05, 4.69) is 14.9 Å². The minimum absolute atomic E-state index is 0.109. The van der Waals surface area contributed by atoms with E-state index in [0.717, 1.165) is 42.8 Å². The lowest BCUT2D eigenvalue weighted by Gasteiger charge is -2.36. The van der Waals surface area contributed by atoms with Gasteiger partial charge < -0.3 is 14.7 Å². The Bertz CT molecular complexity index is 1150. The van der Waals surface area contributed by atoms with Crippen LogP contribution in [0.3, 0.4) is 0 Å². The summed E-state index contributed by atoms with van der Waals surface area (Å²) in [5.74, 6) is 1.21. The number of hydrogen-bond donors (Lipinski definition) is 0. The summed E-state index contributed by atoms with van der Waals surface area (Å²) in [5.41, 5.74) is 0.332. The second-order valence-electron chi connectivity index (χ2n) is 8.85. The first-order valence-electron chi connectivity index (χ1n) is 11.7. The molecule has 2 saturated heterocycles. The van der Waals surface area contributed by atoms with Crippen molar-refractivity contribution in [3.63, 3.8) is 0 Å². The summed E-state index contributed by atoms with van der Waals surface area (Å²) in [6, 6.07) is 11.3. The Kier molecular flexibility index (Phi) is 6.64. The molecule has 5 rings (SSSR count). The van der Waals surface area contributed by atoms with E-state index >= 15 is 0 Å². The van der Waals surface area contributed by atoms with Crippen molar-refractivity contribution in [2.45, 2.75) is 24.9 Å². The number of benzene rings is 1. The smallest absolute Gasteiger partial charge is 0.368 e. The van der Waals surface area contributed by atoms with Gasteiger partial charge in [0, 0.05) is 62.5 Å². The molecule has 6 nitrogen and oxygen atoms in total. The number of carbonyl (C=O) groups is 1. The molecule has 0 aliphatic carbocycles. The largest absolute Gasteiger partial charge is 0.416 e. The molecule has 4 heterocycles. The van der Waals surface area contributed by atoms with Gasteiger partial charge in [-0.3, -0.25) is 4.79 Å². The minimum Gasteiger partial charge on any atom is -0.368 e. The van der Waals surface area contributed by atoms with Crippen LogP contribution >= 0.6 is 11.3 Å². The van der Waals surface area contributed by atoms with E-state index in [4.69, 9.17) is 0 Å². The molecule has 2 aliphatic heterocycles. The van der Waals surface area contributed by atoms with Crippen LogP contribution in [0.25, 0.3) is 0 Å². The lowest BCUT2D eigenvalue weighted by Crippen LogP contribution is -2.49. The van der Waals surface area contributed by atoms with Crippen molar-refractivity contribution in [1.82, 2.24) is 14.9 Å². The molecular weight excluding hydrogens is 475 g/mol. The predicted octanol–water partition coefficient (Wildman–Crippen LogP) is 4.90. The van der Waals surface area contributed by atoms with Crippen molar-refractivity contribution in [2.24, 2.45) is 0 Å². The number of piperidine rings is 1. The van der Waals surface area contributed by atoms with Crippen LogP contribution in [0.2, 0.25) is 0 Å². The molecule has 0 radical (unpaired) electrons. The number of pyridine rings is 1. The maximum absolute atomic E-state index is 13.0. The fourth-order valence-electron chi connectivity index (χ4n) is 4.68. The zero-order valence-electron chi connectivity index (χ0n) is 19.1. The normalized spacial score (nSPS) is 17.6. The first-order chi connectivity index (χ1) is 16.9. The zero-order valence-corrected chi connectivity index (χ0v) is 19.9. The maximum Gasteiger partial charge on any atom is 0.416 e. The van der Waals surface area contributed by atoms with E-state index in [9.17, 15) is 18.0 Å². The van der Waals surface area contributed by atoms with Crippen LogP contribution in [0, 0.1) is 0 Å². The molecule has 0 saturated carbocycles. The van der Waals surface area contributed by atoms with E-state index in [1.165, 1.54) is 23.5 Å². The number of aromatic nitrogens is 2. The zero-order chi connectivity index (χ0) is 24.4. The molecule has 0 bridgehead atoms. The average Bonchev–Trinajstić information content (AvgIpc) is 3.39. The molecule has 1 aromatic carbocycles. The van der Waals surface area contributed by atoms with Crippen LogP contribution in [-0.4, -0.2) is 60.0 Å². The van der Waals surface area contributed by atoms with Crippen LogP contribution in [0.15, 0.2) is 54.0 Å².